The van der Waals surface area contributed by atoms with Gasteiger partial charge in [0.05, 0.1) is 18.3 Å². The molecule has 3 rings (SSSR count). The summed E-state index contributed by atoms with van der Waals surface area (Å²) in [6.45, 7) is 1.91. The van der Waals surface area contributed by atoms with Gasteiger partial charge in [-0.15, -0.1) is 0 Å². The molecule has 0 aliphatic rings. The lowest BCUT2D eigenvalue weighted by molar-refractivity contribution is -0.134. The number of aromatic nitrogens is 1. The topological polar surface area (TPSA) is 31.2 Å². The van der Waals surface area contributed by atoms with Crippen molar-refractivity contribution in [3.05, 3.63) is 66.7 Å². The smallest absolute Gasteiger partial charge is 0.332 e. The molecule has 0 saturated carbocycles. The summed E-state index contributed by atoms with van der Waals surface area (Å²) in [5.41, 5.74) is 4.06. The van der Waals surface area contributed by atoms with Crippen molar-refractivity contribution in [3.8, 4) is 11.3 Å². The van der Waals surface area contributed by atoms with E-state index in [9.17, 15) is 4.79 Å². The number of ether oxygens (including phenoxy) is 1. The number of nitrogens with zero attached hydrogens (tertiary/aromatic N) is 1. The molecule has 0 spiro atoms. The normalized spacial score (nSPS) is 11.6. The van der Waals surface area contributed by atoms with Gasteiger partial charge in [0, 0.05) is 17.2 Å². The van der Waals surface area contributed by atoms with Gasteiger partial charge in [0.15, 0.2) is 0 Å². The van der Waals surface area contributed by atoms with Gasteiger partial charge < -0.3 is 9.30 Å². The molecule has 0 bridgehead atoms. The molecule has 0 aliphatic heterocycles. The lowest BCUT2D eigenvalue weighted by Crippen LogP contribution is -2.01. The van der Waals surface area contributed by atoms with Crippen LogP contribution in [0, 0.1) is 0 Å². The molecule has 110 valence electrons. The second kappa shape index (κ2) is 5.90. The summed E-state index contributed by atoms with van der Waals surface area (Å²) in [7, 11) is 1.39. The largest absolute Gasteiger partial charge is 0.466 e. The second-order valence-electron chi connectivity index (χ2n) is 5.10. The minimum atomic E-state index is -0.353. The van der Waals surface area contributed by atoms with Gasteiger partial charge in [0.2, 0.25) is 0 Å². The van der Waals surface area contributed by atoms with Crippen LogP contribution in [0.2, 0.25) is 0 Å². The lowest BCUT2D eigenvalue weighted by atomic mass is 10.1. The predicted molar refractivity (Wildman–Crippen MR) is 89.3 cm³/mol. The zero-order chi connectivity index (χ0) is 15.5. The van der Waals surface area contributed by atoms with E-state index < -0.39 is 0 Å². The molecule has 0 fully saturated rings. The fraction of sp³-hybridized carbons (Fsp3) is 0.105. The quantitative estimate of drug-likeness (QED) is 0.531. The molecule has 3 aromatic rings. The SMILES string of the molecule is COC(=O)/C=C(/C)n1c(-c2ccccc2)cc2ccccc21. The van der Waals surface area contributed by atoms with E-state index in [0.29, 0.717) is 0 Å². The summed E-state index contributed by atoms with van der Waals surface area (Å²) in [5, 5.41) is 1.14. The highest BCUT2D eigenvalue weighted by Gasteiger charge is 2.12. The Morgan fingerprint density at radius 3 is 2.45 bits per heavy atom. The third-order valence-electron chi connectivity index (χ3n) is 3.66. The molecule has 1 aromatic heterocycles. The van der Waals surface area contributed by atoms with Crippen molar-refractivity contribution in [2.75, 3.05) is 7.11 Å². The number of methoxy groups -OCH3 is 1. The standard InChI is InChI=1S/C19H17NO2/c1-14(12-19(21)22-2)20-17-11-7-6-10-16(17)13-18(20)15-8-4-3-5-9-15/h3-13H,1-2H3/b14-12-. The predicted octanol–water partition coefficient (Wildman–Crippen LogP) is 4.34. The van der Waals surface area contributed by atoms with Gasteiger partial charge in [-0.05, 0) is 24.6 Å². The molecule has 0 unspecified atom stereocenters. The van der Waals surface area contributed by atoms with Crippen molar-refractivity contribution in [2.24, 2.45) is 0 Å². The number of carbonyl (C=O) groups is 1. The van der Waals surface area contributed by atoms with Crippen molar-refractivity contribution in [1.82, 2.24) is 4.57 Å². The summed E-state index contributed by atoms with van der Waals surface area (Å²) in [5.74, 6) is -0.353. The summed E-state index contributed by atoms with van der Waals surface area (Å²) >= 11 is 0. The summed E-state index contributed by atoms with van der Waals surface area (Å²) in [6, 6.07) is 20.4. The van der Waals surface area contributed by atoms with Crippen molar-refractivity contribution in [3.63, 3.8) is 0 Å². The molecule has 0 amide bonds. The molecule has 3 heteroatoms. The Labute approximate surface area is 129 Å². The Morgan fingerprint density at radius 1 is 1.05 bits per heavy atom. The van der Waals surface area contributed by atoms with Crippen LogP contribution in [0.15, 0.2) is 66.7 Å². The Hall–Kier alpha value is -2.81. The van der Waals surface area contributed by atoms with E-state index in [1.54, 1.807) is 0 Å². The van der Waals surface area contributed by atoms with Gasteiger partial charge in [0.25, 0.3) is 0 Å². The van der Waals surface area contributed by atoms with Gasteiger partial charge in [-0.2, -0.15) is 0 Å². The zero-order valence-corrected chi connectivity index (χ0v) is 12.6. The maximum atomic E-state index is 11.6. The Kier molecular flexibility index (Phi) is 3.79. The fourth-order valence-electron chi connectivity index (χ4n) is 2.65. The van der Waals surface area contributed by atoms with E-state index in [-0.39, 0.29) is 5.97 Å². The first-order valence-electron chi connectivity index (χ1n) is 7.13. The molecule has 0 radical (unpaired) electrons. The van der Waals surface area contributed by atoms with Crippen LogP contribution in [-0.2, 0) is 9.53 Å². The number of fused-ring (bicyclic) bond motifs is 1. The van der Waals surface area contributed by atoms with Gasteiger partial charge in [-0.1, -0.05) is 48.5 Å². The minimum absolute atomic E-state index is 0.353. The van der Waals surface area contributed by atoms with Crippen molar-refractivity contribution < 1.29 is 9.53 Å². The third-order valence-corrected chi connectivity index (χ3v) is 3.66. The first-order valence-corrected chi connectivity index (χ1v) is 7.13. The highest BCUT2D eigenvalue weighted by molar-refractivity contribution is 5.94. The zero-order valence-electron chi connectivity index (χ0n) is 12.6. The Balaban J connectivity index is 2.26. The van der Waals surface area contributed by atoms with E-state index in [4.69, 9.17) is 4.74 Å². The van der Waals surface area contributed by atoms with Crippen LogP contribution in [0.4, 0.5) is 0 Å². The summed E-state index contributed by atoms with van der Waals surface area (Å²) in [4.78, 5) is 11.6. The molecule has 0 atom stereocenters. The third kappa shape index (κ3) is 2.53. The van der Waals surface area contributed by atoms with E-state index in [2.05, 4.69) is 34.9 Å². The number of esters is 1. The van der Waals surface area contributed by atoms with Crippen LogP contribution < -0.4 is 0 Å². The van der Waals surface area contributed by atoms with Crippen molar-refractivity contribution in [1.29, 1.82) is 0 Å². The number of allylic oxidation sites excluding steroid dienone is 1. The van der Waals surface area contributed by atoms with Gasteiger partial charge in [0.1, 0.15) is 0 Å². The van der Waals surface area contributed by atoms with Crippen LogP contribution in [0.5, 0.6) is 0 Å². The maximum absolute atomic E-state index is 11.6. The van der Waals surface area contributed by atoms with E-state index >= 15 is 0 Å². The van der Waals surface area contributed by atoms with Crippen LogP contribution >= 0.6 is 0 Å². The molecular weight excluding hydrogens is 274 g/mol. The average molecular weight is 291 g/mol. The molecule has 22 heavy (non-hydrogen) atoms. The van der Waals surface area contributed by atoms with Crippen LogP contribution in [0.25, 0.3) is 27.9 Å². The average Bonchev–Trinajstić information content (AvgIpc) is 2.95. The van der Waals surface area contributed by atoms with Crippen molar-refractivity contribution >= 4 is 22.6 Å². The van der Waals surface area contributed by atoms with Crippen LogP contribution in [0.3, 0.4) is 0 Å². The number of para-hydroxylation sites is 1. The first-order chi connectivity index (χ1) is 10.7. The van der Waals surface area contributed by atoms with Crippen molar-refractivity contribution in [2.45, 2.75) is 6.92 Å². The molecule has 1 heterocycles. The molecule has 3 nitrogen and oxygen atoms in total. The lowest BCUT2D eigenvalue weighted by Gasteiger charge is -2.11. The molecule has 0 aliphatic carbocycles. The summed E-state index contributed by atoms with van der Waals surface area (Å²) < 4.78 is 6.83. The number of hydrogen-bond acceptors (Lipinski definition) is 2. The van der Waals surface area contributed by atoms with E-state index in [0.717, 1.165) is 27.9 Å². The monoisotopic (exact) mass is 291 g/mol. The molecular formula is C19H17NO2. The maximum Gasteiger partial charge on any atom is 0.332 e. The molecule has 0 N–H and O–H groups in total. The Bertz CT molecular complexity index is 844. The highest BCUT2D eigenvalue weighted by atomic mass is 16.5. The van der Waals surface area contributed by atoms with E-state index in [1.165, 1.54) is 13.2 Å². The van der Waals surface area contributed by atoms with Crippen LogP contribution in [0.1, 0.15) is 6.92 Å². The summed E-state index contributed by atoms with van der Waals surface area (Å²) in [6.07, 6.45) is 1.51. The Morgan fingerprint density at radius 2 is 1.73 bits per heavy atom. The van der Waals surface area contributed by atoms with E-state index in [1.807, 2.05) is 37.3 Å². The second-order valence-corrected chi connectivity index (χ2v) is 5.10. The number of rotatable bonds is 3. The number of hydrogen-bond donors (Lipinski definition) is 0. The minimum Gasteiger partial charge on any atom is -0.466 e. The highest BCUT2D eigenvalue weighted by Crippen LogP contribution is 2.31. The van der Waals surface area contributed by atoms with Gasteiger partial charge in [-0.25, -0.2) is 4.79 Å². The molecule has 0 saturated heterocycles. The molecule has 2 aromatic carbocycles. The van der Waals surface area contributed by atoms with Gasteiger partial charge in [-0.3, -0.25) is 0 Å². The van der Waals surface area contributed by atoms with Crippen LogP contribution in [-0.4, -0.2) is 17.6 Å². The first kappa shape index (κ1) is 14.1. The number of benzene rings is 2. The van der Waals surface area contributed by atoms with Gasteiger partial charge >= 0.3 is 5.97 Å². The number of carbonyl (C=O) groups excluding carboxylic acids is 1. The fourth-order valence-corrected chi connectivity index (χ4v) is 2.65.